The van der Waals surface area contributed by atoms with Crippen LogP contribution in [0.4, 0.5) is 0 Å². The lowest BCUT2D eigenvalue weighted by Gasteiger charge is -2.22. The Bertz CT molecular complexity index is 288. The highest BCUT2D eigenvalue weighted by molar-refractivity contribution is 5.12. The minimum absolute atomic E-state index is 0.201. The first kappa shape index (κ1) is 16.4. The maximum absolute atomic E-state index is 9.34. The fourth-order valence-corrected chi connectivity index (χ4v) is 2.40. The third-order valence-corrected chi connectivity index (χ3v) is 3.43. The van der Waals surface area contributed by atoms with Crippen LogP contribution in [0.3, 0.4) is 0 Å². The molecule has 19 heavy (non-hydrogen) atoms. The monoisotopic (exact) mass is 268 g/mol. The van der Waals surface area contributed by atoms with Gasteiger partial charge in [-0.1, -0.05) is 20.8 Å². The predicted octanol–water partition coefficient (Wildman–Crippen LogP) is 2.49. The lowest BCUT2D eigenvalue weighted by molar-refractivity contribution is 0.000446. The normalized spacial score (nSPS) is 26.8. The molecule has 1 saturated carbocycles. The highest BCUT2D eigenvalue weighted by Crippen LogP contribution is 2.31. The molecule has 0 aromatic carbocycles. The molecule has 4 nitrogen and oxygen atoms in total. The van der Waals surface area contributed by atoms with Crippen molar-refractivity contribution < 1.29 is 9.47 Å². The van der Waals surface area contributed by atoms with E-state index in [9.17, 15) is 5.26 Å². The number of hydrogen-bond acceptors (Lipinski definition) is 4. The molecule has 0 heterocycles. The summed E-state index contributed by atoms with van der Waals surface area (Å²) >= 11 is 0. The van der Waals surface area contributed by atoms with Crippen LogP contribution in [-0.4, -0.2) is 38.0 Å². The van der Waals surface area contributed by atoms with Gasteiger partial charge < -0.3 is 9.47 Å². The van der Waals surface area contributed by atoms with Crippen LogP contribution in [-0.2, 0) is 9.47 Å². The molecular formula is C15H28N2O2. The summed E-state index contributed by atoms with van der Waals surface area (Å²) in [7, 11) is 0. The van der Waals surface area contributed by atoms with Crippen LogP contribution in [0.1, 0.15) is 46.5 Å². The fourth-order valence-electron chi connectivity index (χ4n) is 2.40. The van der Waals surface area contributed by atoms with E-state index in [0.717, 1.165) is 38.8 Å². The van der Waals surface area contributed by atoms with Crippen LogP contribution in [0.2, 0.25) is 0 Å². The van der Waals surface area contributed by atoms with Gasteiger partial charge in [0.15, 0.2) is 0 Å². The van der Waals surface area contributed by atoms with Gasteiger partial charge in [-0.25, -0.2) is 0 Å². The van der Waals surface area contributed by atoms with Gasteiger partial charge in [0.25, 0.3) is 0 Å². The van der Waals surface area contributed by atoms with Crippen molar-refractivity contribution in [3.8, 4) is 6.07 Å². The SMILES string of the molecule is CCCNC1(C#N)CCC(OCCOCC(C)C)C1. The maximum Gasteiger partial charge on any atom is 0.109 e. The smallest absolute Gasteiger partial charge is 0.109 e. The fraction of sp³-hybridized carbons (Fsp3) is 0.933. The molecule has 110 valence electrons. The third kappa shape index (κ3) is 5.90. The van der Waals surface area contributed by atoms with Crippen molar-refractivity contribution in [2.45, 2.75) is 58.1 Å². The summed E-state index contributed by atoms with van der Waals surface area (Å²) in [6, 6.07) is 2.44. The van der Waals surface area contributed by atoms with Gasteiger partial charge in [0.05, 0.1) is 25.4 Å². The van der Waals surface area contributed by atoms with Crippen molar-refractivity contribution in [1.29, 1.82) is 5.26 Å². The average Bonchev–Trinajstić information content (AvgIpc) is 2.80. The molecule has 1 N–H and O–H groups in total. The number of nitriles is 1. The van der Waals surface area contributed by atoms with Gasteiger partial charge in [-0.2, -0.15) is 5.26 Å². The molecule has 0 saturated heterocycles. The Morgan fingerprint density at radius 2 is 2.21 bits per heavy atom. The first-order valence-corrected chi connectivity index (χ1v) is 7.47. The molecule has 1 rings (SSSR count). The molecule has 4 heteroatoms. The van der Waals surface area contributed by atoms with Gasteiger partial charge in [-0.15, -0.1) is 0 Å². The Balaban J connectivity index is 2.18. The topological polar surface area (TPSA) is 54.3 Å². The second-order valence-corrected chi connectivity index (χ2v) is 5.83. The second kappa shape index (κ2) is 8.52. The summed E-state index contributed by atoms with van der Waals surface area (Å²) in [5.74, 6) is 0.566. The van der Waals surface area contributed by atoms with Crippen LogP contribution in [0.15, 0.2) is 0 Å². The van der Waals surface area contributed by atoms with Gasteiger partial charge in [0.2, 0.25) is 0 Å². The minimum atomic E-state index is -0.362. The first-order chi connectivity index (χ1) is 9.12. The van der Waals surface area contributed by atoms with Crippen LogP contribution in [0.5, 0.6) is 0 Å². The van der Waals surface area contributed by atoms with Crippen molar-refractivity contribution in [2.24, 2.45) is 5.92 Å². The molecule has 0 spiro atoms. The van der Waals surface area contributed by atoms with Gasteiger partial charge in [-0.05, 0) is 31.7 Å². The van der Waals surface area contributed by atoms with Crippen LogP contribution in [0.25, 0.3) is 0 Å². The number of nitrogens with one attached hydrogen (secondary N) is 1. The molecule has 2 atom stereocenters. The first-order valence-electron chi connectivity index (χ1n) is 7.47. The molecule has 1 aliphatic carbocycles. The summed E-state index contributed by atoms with van der Waals surface area (Å²) in [5, 5.41) is 12.7. The van der Waals surface area contributed by atoms with Gasteiger partial charge in [0.1, 0.15) is 5.54 Å². The highest BCUT2D eigenvalue weighted by atomic mass is 16.5. The van der Waals surface area contributed by atoms with E-state index < -0.39 is 0 Å². The van der Waals surface area contributed by atoms with Crippen LogP contribution >= 0.6 is 0 Å². The van der Waals surface area contributed by atoms with Crippen molar-refractivity contribution in [3.05, 3.63) is 0 Å². The molecule has 1 fully saturated rings. The van der Waals surface area contributed by atoms with Crippen LogP contribution in [0, 0.1) is 17.2 Å². The molecule has 1 aliphatic rings. The van der Waals surface area contributed by atoms with Gasteiger partial charge in [0, 0.05) is 13.0 Å². The Morgan fingerprint density at radius 1 is 1.42 bits per heavy atom. The number of hydrogen-bond donors (Lipinski definition) is 1. The Labute approximate surface area is 117 Å². The zero-order valence-corrected chi connectivity index (χ0v) is 12.6. The molecule has 0 aromatic heterocycles. The van der Waals surface area contributed by atoms with E-state index in [1.54, 1.807) is 0 Å². The number of rotatable bonds is 9. The van der Waals surface area contributed by atoms with E-state index in [1.807, 2.05) is 0 Å². The van der Waals surface area contributed by atoms with Crippen molar-refractivity contribution in [3.63, 3.8) is 0 Å². The molecule has 0 aliphatic heterocycles. The zero-order valence-electron chi connectivity index (χ0n) is 12.6. The lowest BCUT2D eigenvalue weighted by atomic mass is 9.99. The van der Waals surface area contributed by atoms with E-state index in [4.69, 9.17) is 9.47 Å². The second-order valence-electron chi connectivity index (χ2n) is 5.83. The van der Waals surface area contributed by atoms with Gasteiger partial charge in [-0.3, -0.25) is 5.32 Å². The maximum atomic E-state index is 9.34. The lowest BCUT2D eigenvalue weighted by Crippen LogP contribution is -2.42. The molecule has 0 amide bonds. The molecule has 0 bridgehead atoms. The predicted molar refractivity (Wildman–Crippen MR) is 75.9 cm³/mol. The average molecular weight is 268 g/mol. The van der Waals surface area contributed by atoms with E-state index in [-0.39, 0.29) is 11.6 Å². The van der Waals surface area contributed by atoms with E-state index in [0.29, 0.717) is 19.1 Å². The van der Waals surface area contributed by atoms with Crippen molar-refractivity contribution >= 4 is 0 Å². The zero-order chi connectivity index (χ0) is 14.1. The Morgan fingerprint density at radius 3 is 2.84 bits per heavy atom. The molecule has 0 radical (unpaired) electrons. The molecule has 2 unspecified atom stereocenters. The van der Waals surface area contributed by atoms with Crippen molar-refractivity contribution in [2.75, 3.05) is 26.4 Å². The largest absolute Gasteiger partial charge is 0.379 e. The van der Waals surface area contributed by atoms with E-state index in [2.05, 4.69) is 32.2 Å². The Kier molecular flexibility index (Phi) is 7.37. The van der Waals surface area contributed by atoms with E-state index >= 15 is 0 Å². The summed E-state index contributed by atoms with van der Waals surface area (Å²) in [5.41, 5.74) is -0.362. The summed E-state index contributed by atoms with van der Waals surface area (Å²) in [6.07, 6.45) is 3.91. The molecule has 0 aromatic rings. The number of nitrogens with zero attached hydrogens (tertiary/aromatic N) is 1. The standard InChI is InChI=1S/C15H28N2O2/c1-4-7-17-15(12-16)6-5-14(10-15)19-9-8-18-11-13(2)3/h13-14,17H,4-11H2,1-3H3. The quantitative estimate of drug-likeness (QED) is 0.653. The Hall–Kier alpha value is -0.630. The van der Waals surface area contributed by atoms with E-state index in [1.165, 1.54) is 0 Å². The number of ether oxygens (including phenoxy) is 2. The van der Waals surface area contributed by atoms with Crippen LogP contribution < -0.4 is 5.32 Å². The van der Waals surface area contributed by atoms with Crippen molar-refractivity contribution in [1.82, 2.24) is 5.32 Å². The van der Waals surface area contributed by atoms with Gasteiger partial charge >= 0.3 is 0 Å². The highest BCUT2D eigenvalue weighted by Gasteiger charge is 2.39. The summed E-state index contributed by atoms with van der Waals surface area (Å²) in [6.45, 7) is 9.36. The summed E-state index contributed by atoms with van der Waals surface area (Å²) < 4.78 is 11.3. The third-order valence-electron chi connectivity index (χ3n) is 3.43. The molecular weight excluding hydrogens is 240 g/mol. The minimum Gasteiger partial charge on any atom is -0.379 e. The summed E-state index contributed by atoms with van der Waals surface area (Å²) in [4.78, 5) is 0.